The number of ether oxygens (including phenoxy) is 3. The maximum atomic E-state index is 14.4. The van der Waals surface area contributed by atoms with Crippen molar-refractivity contribution in [1.82, 2.24) is 0 Å². The lowest BCUT2D eigenvalue weighted by Gasteiger charge is -2.63. The molecule has 7 aliphatic carbocycles. The number of hydrogen-bond donors (Lipinski definition) is 3. The highest BCUT2D eigenvalue weighted by Crippen LogP contribution is 2.83. The highest BCUT2D eigenvalue weighted by Gasteiger charge is 2.84. The molecule has 5 fully saturated rings. The van der Waals surface area contributed by atoms with Crippen LogP contribution in [0.4, 0.5) is 0 Å². The van der Waals surface area contributed by atoms with Crippen LogP contribution in [-0.4, -0.2) is 76.6 Å². The number of rotatable bonds is 5. The molecule has 0 aromatic heterocycles. The van der Waals surface area contributed by atoms with E-state index in [4.69, 9.17) is 14.2 Å². The zero-order valence-electron chi connectivity index (χ0n) is 27.1. The minimum absolute atomic E-state index is 0.0493. The third kappa shape index (κ3) is 3.15. The van der Waals surface area contributed by atoms with E-state index >= 15 is 0 Å². The lowest BCUT2D eigenvalue weighted by atomic mass is 9.42. The zero-order valence-corrected chi connectivity index (χ0v) is 27.1. The molecule has 1 spiro atoms. The summed E-state index contributed by atoms with van der Waals surface area (Å²) in [4.78, 5) is 54.0. The summed E-state index contributed by atoms with van der Waals surface area (Å²) < 4.78 is 17.4. The normalized spacial score (nSPS) is 48.5. The lowest BCUT2D eigenvalue weighted by Crippen LogP contribution is -2.67. The summed E-state index contributed by atoms with van der Waals surface area (Å²) in [6, 6.07) is 0. The number of fused-ring (bicyclic) bond motifs is 7. The molecule has 0 amide bonds. The number of allylic oxidation sites excluding steroid dienone is 2. The maximum absolute atomic E-state index is 14.4. The number of methoxy groups -OCH3 is 1. The van der Waals surface area contributed by atoms with Crippen LogP contribution in [0, 0.1) is 52.3 Å². The highest BCUT2D eigenvalue weighted by molar-refractivity contribution is 6.09. The monoisotopic (exact) mass is 634 g/mol. The first-order valence-corrected chi connectivity index (χ1v) is 16.5. The minimum Gasteiger partial charge on any atom is -0.466 e. The van der Waals surface area contributed by atoms with Crippen LogP contribution in [0.3, 0.4) is 0 Å². The Morgan fingerprint density at radius 2 is 1.76 bits per heavy atom. The Bertz CT molecular complexity index is 1680. The van der Waals surface area contributed by atoms with Crippen molar-refractivity contribution in [2.45, 2.75) is 77.6 Å². The van der Waals surface area contributed by atoms with Gasteiger partial charge in [0.05, 0.1) is 25.2 Å². The van der Waals surface area contributed by atoms with Crippen LogP contribution >= 0.6 is 0 Å². The fourth-order valence-electron chi connectivity index (χ4n) is 12.0. The Hall–Kier alpha value is -3.08. The van der Waals surface area contributed by atoms with Crippen molar-refractivity contribution in [3.63, 3.8) is 0 Å². The maximum Gasteiger partial charge on any atom is 0.337 e. The predicted octanol–water partition coefficient (Wildman–Crippen LogP) is 2.51. The van der Waals surface area contributed by atoms with Crippen LogP contribution in [0.15, 0.2) is 45.1 Å². The summed E-state index contributed by atoms with van der Waals surface area (Å²) in [5, 5.41) is 34.8. The van der Waals surface area contributed by atoms with Crippen molar-refractivity contribution in [2.24, 2.45) is 52.3 Å². The van der Waals surface area contributed by atoms with E-state index in [1.807, 2.05) is 6.92 Å². The molecule has 0 unspecified atom stereocenters. The molecule has 0 saturated heterocycles. The van der Waals surface area contributed by atoms with Crippen LogP contribution in [0.2, 0.25) is 0 Å². The van der Waals surface area contributed by atoms with Gasteiger partial charge in [-0.2, -0.15) is 0 Å². The van der Waals surface area contributed by atoms with E-state index in [1.165, 1.54) is 14.0 Å². The van der Waals surface area contributed by atoms with E-state index in [1.54, 1.807) is 19.9 Å². The first kappa shape index (κ1) is 30.3. The molecule has 8 aliphatic rings. The van der Waals surface area contributed by atoms with Gasteiger partial charge >= 0.3 is 17.9 Å². The van der Waals surface area contributed by atoms with Crippen molar-refractivity contribution in [2.75, 3.05) is 20.3 Å². The molecular formula is C36H42O10. The summed E-state index contributed by atoms with van der Waals surface area (Å²) in [6.07, 6.45) is 2.62. The predicted molar refractivity (Wildman–Crippen MR) is 160 cm³/mol. The molecule has 5 saturated carbocycles. The van der Waals surface area contributed by atoms with Crippen LogP contribution in [0.5, 0.6) is 0 Å². The van der Waals surface area contributed by atoms with Crippen molar-refractivity contribution in [3.8, 4) is 0 Å². The van der Waals surface area contributed by atoms with Gasteiger partial charge in [-0.05, 0) is 86.7 Å². The molecule has 0 radical (unpaired) electrons. The fraction of sp³-hybridized carbons (Fsp3) is 0.667. The molecule has 12 atom stereocenters. The summed E-state index contributed by atoms with van der Waals surface area (Å²) in [7, 11) is 1.24. The second kappa shape index (κ2) is 9.08. The van der Waals surface area contributed by atoms with E-state index < -0.39 is 76.2 Å². The molecule has 1 aliphatic heterocycles. The number of aliphatic hydroxyl groups excluding tert-OH is 2. The zero-order chi connectivity index (χ0) is 33.0. The van der Waals surface area contributed by atoms with Crippen LogP contribution in [0.25, 0.3) is 0 Å². The standard InChI is InChI=1S/C36H42O10/c1-7-14(2)30(40)45-13-35(43)22-10-21(22)33(4)23(35)11-20-18(12-37)32(42)46-36(20)24(33)9-17-16-8-19(16)34(5)26(17)27(36)25(28(38)29(34)39)15(3)31(41)44-6/h7,16,19,21-24,27,29,37,39,43H,8-13H2,1-6H3/b14-7+,25-15+/t16-,19-,21-,22+,23-,24+,27+,29+,33+,34+,35+,36+/m1/s1. The number of carbonyl (C=O) groups is 4. The number of carbonyl (C=O) groups excluding carboxylic acids is 4. The SMILES string of the molecule is C/C=C(\C)C(=O)OC[C@]1(O)[C@H]2C[C@H]2[C@]2(C)[C@@H]3CC4=C5[C@H](/C(=C(/C)C(=O)OC)C(=O)[C@H](O)[C@@]5(C)[C@@H]5C[C@H]45)[C@@]34OC(=O)C(CO)=C4C[C@@H]12. The Kier molecular flexibility index (Phi) is 5.97. The molecule has 1 heterocycles. The largest absolute Gasteiger partial charge is 0.466 e. The average Bonchev–Trinajstić information content (AvgIpc) is 3.95. The van der Waals surface area contributed by atoms with Gasteiger partial charge in [-0.1, -0.05) is 25.5 Å². The molecule has 246 valence electrons. The molecule has 10 nitrogen and oxygen atoms in total. The Labute approximate surface area is 267 Å². The average molecular weight is 635 g/mol. The summed E-state index contributed by atoms with van der Waals surface area (Å²) in [6.45, 7) is 8.25. The van der Waals surface area contributed by atoms with E-state index in [-0.39, 0.29) is 53.4 Å². The van der Waals surface area contributed by atoms with Gasteiger partial charge in [-0.25, -0.2) is 14.4 Å². The van der Waals surface area contributed by atoms with Gasteiger partial charge in [0.1, 0.15) is 23.9 Å². The van der Waals surface area contributed by atoms with Gasteiger partial charge in [0, 0.05) is 34.0 Å². The molecule has 8 rings (SSSR count). The molecule has 10 heteroatoms. The van der Waals surface area contributed by atoms with Crippen LogP contribution < -0.4 is 0 Å². The van der Waals surface area contributed by atoms with E-state index in [2.05, 4.69) is 6.92 Å². The Balaban J connectivity index is 1.36. The van der Waals surface area contributed by atoms with Gasteiger partial charge in [0.15, 0.2) is 5.78 Å². The molecule has 3 N–H and O–H groups in total. The molecular weight excluding hydrogens is 592 g/mol. The van der Waals surface area contributed by atoms with Gasteiger partial charge in [-0.15, -0.1) is 0 Å². The number of Topliss-reactive ketones (excluding diaryl/α,β-unsaturated/α-hetero) is 1. The summed E-state index contributed by atoms with van der Waals surface area (Å²) in [5.41, 5.74) is -0.913. The van der Waals surface area contributed by atoms with Gasteiger partial charge in [-0.3, -0.25) is 4.79 Å². The smallest absolute Gasteiger partial charge is 0.337 e. The number of ketones is 1. The number of hydrogen-bond acceptors (Lipinski definition) is 10. The minimum atomic E-state index is -1.39. The second-order valence-electron chi connectivity index (χ2n) is 15.6. The fourth-order valence-corrected chi connectivity index (χ4v) is 12.0. The lowest BCUT2D eigenvalue weighted by molar-refractivity contribution is -0.191. The quantitative estimate of drug-likeness (QED) is 0.178. The van der Waals surface area contributed by atoms with E-state index in [0.29, 0.717) is 17.6 Å². The van der Waals surface area contributed by atoms with Crippen molar-refractivity contribution >= 4 is 23.7 Å². The number of aliphatic hydroxyl groups is 3. The Morgan fingerprint density at radius 1 is 1.04 bits per heavy atom. The van der Waals surface area contributed by atoms with E-state index in [0.717, 1.165) is 24.0 Å². The highest BCUT2D eigenvalue weighted by atomic mass is 16.6. The first-order chi connectivity index (χ1) is 21.7. The molecule has 0 aromatic carbocycles. The third-order valence-electron chi connectivity index (χ3n) is 14.3. The second-order valence-corrected chi connectivity index (χ2v) is 15.6. The van der Waals surface area contributed by atoms with Gasteiger partial charge in [0.2, 0.25) is 0 Å². The summed E-state index contributed by atoms with van der Waals surface area (Å²) >= 11 is 0. The van der Waals surface area contributed by atoms with Crippen LogP contribution in [-0.2, 0) is 33.4 Å². The topological polar surface area (TPSA) is 157 Å². The van der Waals surface area contributed by atoms with Crippen molar-refractivity contribution < 1.29 is 48.7 Å². The van der Waals surface area contributed by atoms with Crippen molar-refractivity contribution in [3.05, 3.63) is 45.1 Å². The summed E-state index contributed by atoms with van der Waals surface area (Å²) in [5.74, 6) is -3.92. The molecule has 0 bridgehead atoms. The van der Waals surface area contributed by atoms with Gasteiger partial charge in [0.25, 0.3) is 0 Å². The number of esters is 3. The molecule has 46 heavy (non-hydrogen) atoms. The third-order valence-corrected chi connectivity index (χ3v) is 14.3. The first-order valence-electron chi connectivity index (χ1n) is 16.5. The van der Waals surface area contributed by atoms with Crippen molar-refractivity contribution in [1.29, 1.82) is 0 Å². The molecule has 0 aromatic rings. The van der Waals surface area contributed by atoms with Gasteiger partial charge < -0.3 is 29.5 Å². The Morgan fingerprint density at radius 3 is 2.41 bits per heavy atom. The van der Waals surface area contributed by atoms with E-state index in [9.17, 15) is 34.5 Å². The van der Waals surface area contributed by atoms with Crippen LogP contribution in [0.1, 0.15) is 60.3 Å².